The van der Waals surface area contributed by atoms with Crippen molar-refractivity contribution in [2.24, 2.45) is 5.73 Å². The lowest BCUT2D eigenvalue weighted by molar-refractivity contribution is 0.0953. The van der Waals surface area contributed by atoms with Gasteiger partial charge in [-0.1, -0.05) is 54.6 Å². The van der Waals surface area contributed by atoms with Crippen LogP contribution in [0.2, 0.25) is 0 Å². The normalized spacial score (nSPS) is 15.0. The van der Waals surface area contributed by atoms with Crippen molar-refractivity contribution in [3.63, 3.8) is 0 Å². The second-order valence-electron chi connectivity index (χ2n) is 7.72. The van der Waals surface area contributed by atoms with Crippen LogP contribution in [0.5, 0.6) is 0 Å². The highest BCUT2D eigenvalue weighted by atomic mass is 16.2. The first-order valence-electron chi connectivity index (χ1n) is 10.0. The number of aromatic nitrogens is 4. The number of nitrogens with two attached hydrogens (primary N) is 1. The van der Waals surface area contributed by atoms with Crippen LogP contribution >= 0.6 is 0 Å². The molecule has 7 heteroatoms. The van der Waals surface area contributed by atoms with Crippen molar-refractivity contribution >= 4 is 11.7 Å². The minimum atomic E-state index is -0.346. The molecule has 1 saturated carbocycles. The molecule has 4 aromatic rings. The predicted molar refractivity (Wildman–Crippen MR) is 115 cm³/mol. The fourth-order valence-corrected chi connectivity index (χ4v) is 3.88. The zero-order valence-electron chi connectivity index (χ0n) is 16.7. The maximum absolute atomic E-state index is 12.0. The van der Waals surface area contributed by atoms with E-state index < -0.39 is 0 Å². The number of fused-ring (bicyclic) bond motifs is 1. The summed E-state index contributed by atoms with van der Waals surface area (Å²) in [6.07, 6.45) is 5.09. The summed E-state index contributed by atoms with van der Waals surface area (Å²) in [4.78, 5) is 21.0. The third kappa shape index (κ3) is 3.04. The second-order valence-corrected chi connectivity index (χ2v) is 7.72. The average molecular weight is 398 g/mol. The van der Waals surface area contributed by atoms with Gasteiger partial charge in [-0.2, -0.15) is 4.98 Å². The van der Waals surface area contributed by atoms with Crippen molar-refractivity contribution in [3.8, 4) is 22.4 Å². The number of carbonyl (C=O) groups excluding carboxylic acids is 1. The Morgan fingerprint density at radius 1 is 1.03 bits per heavy atom. The highest BCUT2D eigenvalue weighted by Gasteiger charge is 2.34. The van der Waals surface area contributed by atoms with E-state index in [1.165, 1.54) is 6.42 Å². The molecule has 0 bridgehead atoms. The molecule has 2 heterocycles. The topological polar surface area (TPSA) is 98.2 Å². The van der Waals surface area contributed by atoms with Gasteiger partial charge in [-0.05, 0) is 30.4 Å². The fourth-order valence-electron chi connectivity index (χ4n) is 3.88. The molecular formula is C23H22N6O. The lowest BCUT2D eigenvalue weighted by Crippen LogP contribution is -2.43. The van der Waals surface area contributed by atoms with Crippen molar-refractivity contribution in [1.29, 1.82) is 0 Å². The van der Waals surface area contributed by atoms with Gasteiger partial charge in [0.1, 0.15) is 0 Å². The largest absolute Gasteiger partial charge is 0.352 e. The standard InChI is InChI=1S/C23H22N6O/c1-25-21(30)20-27-22-26-19(16-8-10-17(11-9-16)23(24)12-5-13-23)18(14-29(22)28-20)15-6-3-2-4-7-15/h2-4,6-11,14H,5,12-13,24H2,1H3,(H,25,30). The molecular weight excluding hydrogens is 376 g/mol. The van der Waals surface area contributed by atoms with Gasteiger partial charge in [-0.15, -0.1) is 5.10 Å². The summed E-state index contributed by atoms with van der Waals surface area (Å²) in [7, 11) is 1.55. The molecule has 0 saturated heterocycles. The number of carbonyl (C=O) groups is 1. The lowest BCUT2D eigenvalue weighted by atomic mass is 9.72. The Bertz CT molecular complexity index is 1230. The number of benzene rings is 2. The van der Waals surface area contributed by atoms with E-state index in [2.05, 4.69) is 39.7 Å². The van der Waals surface area contributed by atoms with Gasteiger partial charge >= 0.3 is 0 Å². The van der Waals surface area contributed by atoms with Crippen molar-refractivity contribution in [1.82, 2.24) is 24.9 Å². The van der Waals surface area contributed by atoms with Crippen LogP contribution in [0.3, 0.4) is 0 Å². The van der Waals surface area contributed by atoms with E-state index in [9.17, 15) is 4.79 Å². The van der Waals surface area contributed by atoms with Crippen molar-refractivity contribution in [2.45, 2.75) is 24.8 Å². The van der Waals surface area contributed by atoms with E-state index in [1.807, 2.05) is 36.5 Å². The van der Waals surface area contributed by atoms with E-state index in [4.69, 9.17) is 10.7 Å². The summed E-state index contributed by atoms with van der Waals surface area (Å²) in [6, 6.07) is 18.3. The summed E-state index contributed by atoms with van der Waals surface area (Å²) in [6.45, 7) is 0. The second kappa shape index (κ2) is 7.03. The Hall–Kier alpha value is -3.58. The zero-order chi connectivity index (χ0) is 20.7. The summed E-state index contributed by atoms with van der Waals surface area (Å²) < 4.78 is 1.55. The van der Waals surface area contributed by atoms with Crippen LogP contribution in [-0.2, 0) is 5.54 Å². The number of nitrogens with zero attached hydrogens (tertiary/aromatic N) is 4. The van der Waals surface area contributed by atoms with Gasteiger partial charge in [0.2, 0.25) is 5.82 Å². The Kier molecular flexibility index (Phi) is 4.33. The van der Waals surface area contributed by atoms with Gasteiger partial charge in [0.05, 0.1) is 5.69 Å². The molecule has 3 N–H and O–H groups in total. The quantitative estimate of drug-likeness (QED) is 0.550. The summed E-state index contributed by atoms with van der Waals surface area (Å²) in [5.74, 6) is 0.120. The zero-order valence-corrected chi connectivity index (χ0v) is 16.7. The molecule has 2 aromatic heterocycles. The third-order valence-corrected chi connectivity index (χ3v) is 5.83. The summed E-state index contributed by atoms with van der Waals surface area (Å²) >= 11 is 0. The monoisotopic (exact) mass is 398 g/mol. The highest BCUT2D eigenvalue weighted by Crippen LogP contribution is 2.39. The molecule has 0 spiro atoms. The molecule has 1 fully saturated rings. The van der Waals surface area contributed by atoms with Gasteiger partial charge < -0.3 is 11.1 Å². The molecule has 7 nitrogen and oxygen atoms in total. The molecule has 1 amide bonds. The van der Waals surface area contributed by atoms with Gasteiger partial charge in [0.25, 0.3) is 11.7 Å². The smallest absolute Gasteiger partial charge is 0.290 e. The Morgan fingerprint density at radius 2 is 1.77 bits per heavy atom. The van der Waals surface area contributed by atoms with Gasteiger partial charge in [0, 0.05) is 29.9 Å². The Morgan fingerprint density at radius 3 is 2.40 bits per heavy atom. The fraction of sp³-hybridized carbons (Fsp3) is 0.217. The van der Waals surface area contributed by atoms with Crippen LogP contribution in [0.25, 0.3) is 28.2 Å². The maximum atomic E-state index is 12.0. The Balaban J connectivity index is 1.66. The minimum Gasteiger partial charge on any atom is -0.352 e. The van der Waals surface area contributed by atoms with E-state index in [1.54, 1.807) is 11.6 Å². The molecule has 0 atom stereocenters. The van der Waals surface area contributed by atoms with Crippen LogP contribution in [-0.4, -0.2) is 32.5 Å². The molecule has 150 valence electrons. The van der Waals surface area contributed by atoms with E-state index in [0.717, 1.165) is 40.8 Å². The van der Waals surface area contributed by atoms with Crippen LogP contribution in [0, 0.1) is 0 Å². The lowest BCUT2D eigenvalue weighted by Gasteiger charge is -2.38. The molecule has 0 aliphatic heterocycles. The van der Waals surface area contributed by atoms with Crippen LogP contribution in [0.15, 0.2) is 60.8 Å². The number of amides is 1. The third-order valence-electron chi connectivity index (χ3n) is 5.83. The van der Waals surface area contributed by atoms with Gasteiger partial charge in [0.15, 0.2) is 0 Å². The minimum absolute atomic E-state index is 0.0894. The van der Waals surface area contributed by atoms with Crippen LogP contribution in [0.1, 0.15) is 35.4 Å². The first-order valence-corrected chi connectivity index (χ1v) is 10.0. The highest BCUT2D eigenvalue weighted by molar-refractivity contribution is 5.90. The predicted octanol–water partition coefficient (Wildman–Crippen LogP) is 3.16. The molecule has 5 rings (SSSR count). The van der Waals surface area contributed by atoms with E-state index in [-0.39, 0.29) is 17.3 Å². The number of hydrogen-bond donors (Lipinski definition) is 2. The molecule has 30 heavy (non-hydrogen) atoms. The average Bonchev–Trinajstić information content (AvgIpc) is 3.20. The SMILES string of the molecule is CNC(=O)c1nc2nc(-c3ccc(C4(N)CCC4)cc3)c(-c3ccccc3)cn2n1. The van der Waals surface area contributed by atoms with Gasteiger partial charge in [-0.3, -0.25) is 4.79 Å². The Labute approximate surface area is 174 Å². The van der Waals surface area contributed by atoms with Crippen LogP contribution in [0.4, 0.5) is 0 Å². The van der Waals surface area contributed by atoms with Gasteiger partial charge in [-0.25, -0.2) is 9.50 Å². The maximum Gasteiger partial charge on any atom is 0.290 e. The van der Waals surface area contributed by atoms with Crippen molar-refractivity contribution in [2.75, 3.05) is 7.05 Å². The number of nitrogens with one attached hydrogen (secondary N) is 1. The number of rotatable bonds is 4. The molecule has 1 aliphatic rings. The van der Waals surface area contributed by atoms with Crippen molar-refractivity contribution < 1.29 is 4.79 Å². The van der Waals surface area contributed by atoms with Crippen LogP contribution < -0.4 is 11.1 Å². The first kappa shape index (κ1) is 18.4. The molecule has 0 radical (unpaired) electrons. The van der Waals surface area contributed by atoms with Crippen molar-refractivity contribution in [3.05, 3.63) is 72.2 Å². The van der Waals surface area contributed by atoms with E-state index in [0.29, 0.717) is 5.78 Å². The molecule has 2 aromatic carbocycles. The molecule has 0 unspecified atom stereocenters. The molecule has 1 aliphatic carbocycles. The summed E-state index contributed by atoms with van der Waals surface area (Å²) in [5.41, 5.74) is 11.1. The number of hydrogen-bond acceptors (Lipinski definition) is 5. The summed E-state index contributed by atoms with van der Waals surface area (Å²) in [5, 5.41) is 6.83. The van der Waals surface area contributed by atoms with E-state index >= 15 is 0 Å². The first-order chi connectivity index (χ1) is 14.6.